The van der Waals surface area contributed by atoms with E-state index in [-0.39, 0.29) is 0 Å². The maximum atomic E-state index is 8.86. The third-order valence-corrected chi connectivity index (χ3v) is 2.47. The van der Waals surface area contributed by atoms with Gasteiger partial charge in [-0.25, -0.2) is 4.98 Å². The molecule has 2 aromatic rings. The molecule has 62 valence electrons. The topological polar surface area (TPSA) is 36.7 Å². The van der Waals surface area contributed by atoms with Crippen molar-refractivity contribution in [2.45, 2.75) is 0 Å². The van der Waals surface area contributed by atoms with E-state index in [1.807, 2.05) is 18.2 Å². The molecule has 0 saturated heterocycles. The fraction of sp³-hybridized carbons (Fsp3) is 0. The van der Waals surface area contributed by atoms with Gasteiger partial charge in [-0.05, 0) is 33.4 Å². The molecule has 0 atom stereocenters. The summed E-state index contributed by atoms with van der Waals surface area (Å²) in [5.41, 5.74) is 0.650. The smallest absolute Gasteiger partial charge is 0.115 e. The van der Waals surface area contributed by atoms with Crippen molar-refractivity contribution in [3.05, 3.63) is 40.6 Å². The average molecular weight is 233 g/mol. The van der Waals surface area contributed by atoms with Crippen molar-refractivity contribution in [2.24, 2.45) is 0 Å². The van der Waals surface area contributed by atoms with Crippen LogP contribution in [0, 0.1) is 11.3 Å². The van der Waals surface area contributed by atoms with Gasteiger partial charge in [0.15, 0.2) is 0 Å². The van der Waals surface area contributed by atoms with Crippen LogP contribution in [0.15, 0.2) is 35.1 Å². The Balaban J connectivity index is 2.97. The van der Waals surface area contributed by atoms with E-state index in [0.717, 1.165) is 15.4 Å². The summed E-state index contributed by atoms with van der Waals surface area (Å²) in [6, 6.07) is 9.65. The standard InChI is InChI=1S/C10H5BrN2/c11-10-9-7(4-5-13-10)2-1-3-8(9)6-12/h1-5H. The molecule has 0 radical (unpaired) electrons. The number of rotatable bonds is 0. The first-order chi connectivity index (χ1) is 6.33. The van der Waals surface area contributed by atoms with Crippen LogP contribution >= 0.6 is 15.9 Å². The van der Waals surface area contributed by atoms with E-state index in [2.05, 4.69) is 27.0 Å². The van der Waals surface area contributed by atoms with Gasteiger partial charge in [0, 0.05) is 11.6 Å². The van der Waals surface area contributed by atoms with Gasteiger partial charge < -0.3 is 0 Å². The van der Waals surface area contributed by atoms with Crippen LogP contribution in [0.2, 0.25) is 0 Å². The molecule has 1 heterocycles. The first-order valence-electron chi connectivity index (χ1n) is 3.76. The lowest BCUT2D eigenvalue weighted by molar-refractivity contribution is 1.31. The van der Waals surface area contributed by atoms with E-state index < -0.39 is 0 Å². The molecule has 1 aromatic carbocycles. The Hall–Kier alpha value is -1.40. The summed E-state index contributed by atoms with van der Waals surface area (Å²) >= 11 is 3.33. The highest BCUT2D eigenvalue weighted by Crippen LogP contribution is 2.24. The summed E-state index contributed by atoms with van der Waals surface area (Å²) in [5, 5.41) is 10.8. The number of halogens is 1. The number of hydrogen-bond acceptors (Lipinski definition) is 2. The number of aromatic nitrogens is 1. The van der Waals surface area contributed by atoms with E-state index in [9.17, 15) is 0 Å². The van der Waals surface area contributed by atoms with Gasteiger partial charge in [0.05, 0.1) is 11.6 Å². The van der Waals surface area contributed by atoms with Gasteiger partial charge in [0.1, 0.15) is 4.60 Å². The number of pyridine rings is 1. The van der Waals surface area contributed by atoms with Crippen molar-refractivity contribution in [1.82, 2.24) is 4.98 Å². The zero-order chi connectivity index (χ0) is 9.26. The average Bonchev–Trinajstić information content (AvgIpc) is 2.17. The lowest BCUT2D eigenvalue weighted by atomic mass is 10.1. The van der Waals surface area contributed by atoms with Gasteiger partial charge in [0.2, 0.25) is 0 Å². The molecule has 13 heavy (non-hydrogen) atoms. The minimum absolute atomic E-state index is 0.650. The predicted molar refractivity (Wildman–Crippen MR) is 54.2 cm³/mol. The first-order valence-corrected chi connectivity index (χ1v) is 4.55. The quantitative estimate of drug-likeness (QED) is 0.656. The van der Waals surface area contributed by atoms with Crippen LogP contribution < -0.4 is 0 Å². The Bertz CT molecular complexity index is 494. The maximum absolute atomic E-state index is 8.86. The van der Waals surface area contributed by atoms with Gasteiger partial charge >= 0.3 is 0 Å². The van der Waals surface area contributed by atoms with Crippen LogP contribution in [0.3, 0.4) is 0 Å². The molecule has 0 spiro atoms. The van der Waals surface area contributed by atoms with Crippen LogP contribution in [0.4, 0.5) is 0 Å². The van der Waals surface area contributed by atoms with Crippen molar-refractivity contribution in [2.75, 3.05) is 0 Å². The molecule has 0 aliphatic carbocycles. The van der Waals surface area contributed by atoms with E-state index in [1.54, 1.807) is 12.3 Å². The number of fused-ring (bicyclic) bond motifs is 1. The van der Waals surface area contributed by atoms with Gasteiger partial charge in [-0.2, -0.15) is 5.26 Å². The Morgan fingerprint density at radius 3 is 2.92 bits per heavy atom. The molecular weight excluding hydrogens is 228 g/mol. The molecule has 0 aliphatic rings. The van der Waals surface area contributed by atoms with Crippen LogP contribution in [0.5, 0.6) is 0 Å². The molecule has 0 amide bonds. The van der Waals surface area contributed by atoms with E-state index in [0.29, 0.717) is 5.56 Å². The summed E-state index contributed by atoms with van der Waals surface area (Å²) in [6.45, 7) is 0. The zero-order valence-corrected chi connectivity index (χ0v) is 8.25. The molecule has 0 saturated carbocycles. The fourth-order valence-corrected chi connectivity index (χ4v) is 1.84. The van der Waals surface area contributed by atoms with Crippen molar-refractivity contribution >= 4 is 26.7 Å². The highest BCUT2D eigenvalue weighted by atomic mass is 79.9. The number of benzene rings is 1. The molecule has 0 bridgehead atoms. The van der Waals surface area contributed by atoms with Crippen LogP contribution in [-0.4, -0.2) is 4.98 Å². The van der Waals surface area contributed by atoms with Gasteiger partial charge in [0.25, 0.3) is 0 Å². The van der Waals surface area contributed by atoms with E-state index in [4.69, 9.17) is 5.26 Å². The largest absolute Gasteiger partial charge is 0.249 e. The monoisotopic (exact) mass is 232 g/mol. The van der Waals surface area contributed by atoms with Crippen LogP contribution in [0.25, 0.3) is 10.8 Å². The fourth-order valence-electron chi connectivity index (χ4n) is 1.28. The normalized spacial score (nSPS) is 9.85. The van der Waals surface area contributed by atoms with Gasteiger partial charge in [-0.15, -0.1) is 0 Å². The summed E-state index contributed by atoms with van der Waals surface area (Å²) in [6.07, 6.45) is 1.72. The maximum Gasteiger partial charge on any atom is 0.115 e. The van der Waals surface area contributed by atoms with Crippen molar-refractivity contribution in [3.63, 3.8) is 0 Å². The molecule has 0 N–H and O–H groups in total. The lowest BCUT2D eigenvalue weighted by Gasteiger charge is -2.00. The Morgan fingerprint density at radius 1 is 1.31 bits per heavy atom. The lowest BCUT2D eigenvalue weighted by Crippen LogP contribution is -1.83. The second-order valence-corrected chi connectivity index (χ2v) is 3.37. The number of nitrogens with zero attached hydrogens (tertiary/aromatic N) is 2. The molecule has 0 unspecified atom stereocenters. The Labute approximate surface area is 84.0 Å². The zero-order valence-electron chi connectivity index (χ0n) is 6.66. The van der Waals surface area contributed by atoms with E-state index >= 15 is 0 Å². The molecule has 2 rings (SSSR count). The molecule has 0 fully saturated rings. The minimum Gasteiger partial charge on any atom is -0.249 e. The Morgan fingerprint density at radius 2 is 2.15 bits per heavy atom. The Kier molecular flexibility index (Phi) is 1.99. The molecule has 2 nitrogen and oxygen atoms in total. The van der Waals surface area contributed by atoms with Crippen molar-refractivity contribution in [1.29, 1.82) is 5.26 Å². The molecular formula is C10H5BrN2. The SMILES string of the molecule is N#Cc1cccc2ccnc(Br)c12. The summed E-state index contributed by atoms with van der Waals surface area (Å²) in [7, 11) is 0. The van der Waals surface area contributed by atoms with Crippen molar-refractivity contribution in [3.8, 4) is 6.07 Å². The summed E-state index contributed by atoms with van der Waals surface area (Å²) < 4.78 is 0.724. The predicted octanol–water partition coefficient (Wildman–Crippen LogP) is 2.87. The molecule has 0 aliphatic heterocycles. The highest BCUT2D eigenvalue weighted by Gasteiger charge is 2.03. The van der Waals surface area contributed by atoms with Crippen LogP contribution in [0.1, 0.15) is 5.56 Å². The van der Waals surface area contributed by atoms with Gasteiger partial charge in [-0.1, -0.05) is 12.1 Å². The van der Waals surface area contributed by atoms with E-state index in [1.165, 1.54) is 0 Å². The molecule has 1 aromatic heterocycles. The number of hydrogen-bond donors (Lipinski definition) is 0. The number of nitriles is 1. The summed E-state index contributed by atoms with van der Waals surface area (Å²) in [4.78, 5) is 4.08. The van der Waals surface area contributed by atoms with Crippen molar-refractivity contribution < 1.29 is 0 Å². The van der Waals surface area contributed by atoms with Crippen LogP contribution in [-0.2, 0) is 0 Å². The third kappa shape index (κ3) is 1.30. The minimum atomic E-state index is 0.650. The highest BCUT2D eigenvalue weighted by molar-refractivity contribution is 9.10. The first kappa shape index (κ1) is 8.21. The second kappa shape index (κ2) is 3.15. The second-order valence-electron chi connectivity index (χ2n) is 2.62. The summed E-state index contributed by atoms with van der Waals surface area (Å²) in [5.74, 6) is 0. The molecule has 3 heteroatoms. The van der Waals surface area contributed by atoms with Gasteiger partial charge in [-0.3, -0.25) is 0 Å². The third-order valence-electron chi connectivity index (χ3n) is 1.87.